The van der Waals surface area contributed by atoms with Gasteiger partial charge in [-0.2, -0.15) is 0 Å². The highest BCUT2D eigenvalue weighted by molar-refractivity contribution is 7.64. The van der Waals surface area contributed by atoms with Crippen LogP contribution in [0.5, 0.6) is 0 Å². The second-order valence-electron chi connectivity index (χ2n) is 2.42. The SMILES string of the molecule is Fc1ccc(C[Si](Cl)(Cl)Cl)cc1. The van der Waals surface area contributed by atoms with Crippen molar-refractivity contribution in [3.8, 4) is 0 Å². The average Bonchev–Trinajstić information content (AvgIpc) is 1.91. The Balaban J connectivity index is 2.71. The van der Waals surface area contributed by atoms with Gasteiger partial charge in [0.15, 0.2) is 0 Å². The molecule has 66 valence electrons. The van der Waals surface area contributed by atoms with Crippen LogP contribution in [-0.4, -0.2) is 6.00 Å². The quantitative estimate of drug-likeness (QED) is 0.550. The normalized spacial score (nSPS) is 11.7. The van der Waals surface area contributed by atoms with Gasteiger partial charge >= 0.3 is 6.00 Å². The zero-order valence-corrected chi connectivity index (χ0v) is 9.30. The van der Waals surface area contributed by atoms with Crippen LogP contribution in [0.4, 0.5) is 4.39 Å². The van der Waals surface area contributed by atoms with E-state index in [4.69, 9.17) is 33.2 Å². The number of benzene rings is 1. The lowest BCUT2D eigenvalue weighted by Gasteiger charge is -2.06. The molecule has 0 atom stereocenters. The first-order chi connectivity index (χ1) is 5.47. The molecule has 1 aromatic rings. The van der Waals surface area contributed by atoms with Crippen LogP contribution >= 0.6 is 33.2 Å². The summed E-state index contributed by atoms with van der Waals surface area (Å²) in [7, 11) is 0. The first-order valence-corrected chi connectivity index (χ1v) is 8.53. The van der Waals surface area contributed by atoms with Crippen LogP contribution in [-0.2, 0) is 6.04 Å². The minimum absolute atomic E-state index is 0.273. The lowest BCUT2D eigenvalue weighted by Crippen LogP contribution is -2.13. The molecule has 5 heteroatoms. The van der Waals surface area contributed by atoms with E-state index in [1.165, 1.54) is 12.1 Å². The van der Waals surface area contributed by atoms with Crippen LogP contribution in [0.3, 0.4) is 0 Å². The summed E-state index contributed by atoms with van der Waals surface area (Å²) in [4.78, 5) is 0. The van der Waals surface area contributed by atoms with Crippen molar-refractivity contribution in [2.24, 2.45) is 0 Å². The number of halogens is 4. The van der Waals surface area contributed by atoms with Crippen LogP contribution in [0, 0.1) is 5.82 Å². The molecular formula is C7H6Cl3FSi. The Labute approximate surface area is 85.4 Å². The average molecular weight is 244 g/mol. The third-order valence-corrected chi connectivity index (χ3v) is 3.33. The zero-order valence-electron chi connectivity index (χ0n) is 6.03. The molecule has 0 saturated heterocycles. The third-order valence-electron chi connectivity index (χ3n) is 1.32. The molecule has 12 heavy (non-hydrogen) atoms. The Morgan fingerprint density at radius 1 is 1.08 bits per heavy atom. The maximum atomic E-state index is 12.4. The molecule has 0 fully saturated rings. The van der Waals surface area contributed by atoms with E-state index in [-0.39, 0.29) is 5.82 Å². The smallest absolute Gasteiger partial charge is 0.207 e. The van der Waals surface area contributed by atoms with Gasteiger partial charge in [-0.3, -0.25) is 0 Å². The number of hydrogen-bond donors (Lipinski definition) is 0. The highest BCUT2D eigenvalue weighted by Gasteiger charge is 2.24. The Kier molecular flexibility index (Phi) is 3.41. The highest BCUT2D eigenvalue weighted by atomic mass is 35.8. The van der Waals surface area contributed by atoms with Gasteiger partial charge in [0.1, 0.15) is 5.82 Å². The van der Waals surface area contributed by atoms with Crippen LogP contribution in [0.2, 0.25) is 0 Å². The van der Waals surface area contributed by atoms with E-state index in [2.05, 4.69) is 0 Å². The van der Waals surface area contributed by atoms with E-state index in [0.29, 0.717) is 6.04 Å². The molecule has 0 amide bonds. The van der Waals surface area contributed by atoms with Crippen molar-refractivity contribution < 1.29 is 4.39 Å². The summed E-state index contributed by atoms with van der Waals surface area (Å²) >= 11 is 17.1. The van der Waals surface area contributed by atoms with Crippen molar-refractivity contribution >= 4 is 39.2 Å². The Bertz CT molecular complexity index is 254. The van der Waals surface area contributed by atoms with Gasteiger partial charge in [0.2, 0.25) is 0 Å². The molecular weight excluding hydrogens is 238 g/mol. The van der Waals surface area contributed by atoms with Crippen molar-refractivity contribution in [2.45, 2.75) is 6.04 Å². The predicted octanol–water partition coefficient (Wildman–Crippen LogP) is 3.56. The molecule has 0 saturated carbocycles. The first kappa shape index (κ1) is 10.3. The second kappa shape index (κ2) is 3.96. The maximum absolute atomic E-state index is 12.4. The van der Waals surface area contributed by atoms with E-state index < -0.39 is 6.00 Å². The fourth-order valence-corrected chi connectivity index (χ4v) is 2.92. The molecule has 0 aliphatic rings. The second-order valence-corrected chi connectivity index (χ2v) is 11.6. The van der Waals surface area contributed by atoms with Gasteiger partial charge in [-0.05, 0) is 17.7 Å². The largest absolute Gasteiger partial charge is 0.345 e. The van der Waals surface area contributed by atoms with Crippen molar-refractivity contribution in [3.05, 3.63) is 35.6 Å². The zero-order chi connectivity index (χ0) is 9.19. The molecule has 0 nitrogen and oxygen atoms in total. The Morgan fingerprint density at radius 2 is 1.58 bits per heavy atom. The van der Waals surface area contributed by atoms with Gasteiger partial charge in [0.25, 0.3) is 0 Å². The summed E-state index contributed by atoms with van der Waals surface area (Å²) in [5.74, 6) is -0.273. The summed E-state index contributed by atoms with van der Waals surface area (Å²) < 4.78 is 12.4. The highest BCUT2D eigenvalue weighted by Crippen LogP contribution is 2.24. The predicted molar refractivity (Wildman–Crippen MR) is 53.4 cm³/mol. The fraction of sp³-hybridized carbons (Fsp3) is 0.143. The van der Waals surface area contributed by atoms with Crippen LogP contribution in [0.25, 0.3) is 0 Å². The summed E-state index contributed by atoms with van der Waals surface area (Å²) in [6, 6.07) is 3.79. The molecule has 0 spiro atoms. The van der Waals surface area contributed by atoms with Crippen LogP contribution in [0.1, 0.15) is 5.56 Å². The van der Waals surface area contributed by atoms with E-state index in [1.807, 2.05) is 0 Å². The molecule has 0 aliphatic heterocycles. The molecule has 0 unspecified atom stereocenters. The molecule has 1 rings (SSSR count). The Hall–Kier alpha value is 0.237. The molecule has 0 aromatic heterocycles. The van der Waals surface area contributed by atoms with Gasteiger partial charge in [-0.25, -0.2) is 4.39 Å². The number of rotatable bonds is 2. The maximum Gasteiger partial charge on any atom is 0.345 e. The molecule has 1 aromatic carbocycles. The Morgan fingerprint density at radius 3 is 2.00 bits per heavy atom. The number of hydrogen-bond acceptors (Lipinski definition) is 0. The topological polar surface area (TPSA) is 0 Å². The third kappa shape index (κ3) is 3.76. The summed E-state index contributed by atoms with van der Waals surface area (Å²) in [5, 5.41) is 0. The van der Waals surface area contributed by atoms with Gasteiger partial charge in [0.05, 0.1) is 0 Å². The summed E-state index contributed by atoms with van der Waals surface area (Å²) in [6.07, 6.45) is 0. The lowest BCUT2D eigenvalue weighted by molar-refractivity contribution is 0.627. The minimum Gasteiger partial charge on any atom is -0.207 e. The van der Waals surface area contributed by atoms with Crippen molar-refractivity contribution in [2.75, 3.05) is 0 Å². The molecule has 0 aliphatic carbocycles. The van der Waals surface area contributed by atoms with Crippen LogP contribution in [0.15, 0.2) is 24.3 Å². The van der Waals surface area contributed by atoms with E-state index in [0.717, 1.165) is 5.56 Å². The molecule has 0 heterocycles. The van der Waals surface area contributed by atoms with E-state index in [1.54, 1.807) is 12.1 Å². The van der Waals surface area contributed by atoms with Gasteiger partial charge in [-0.15, -0.1) is 33.2 Å². The van der Waals surface area contributed by atoms with Crippen LogP contribution < -0.4 is 0 Å². The molecule has 0 N–H and O–H groups in total. The minimum atomic E-state index is -2.62. The van der Waals surface area contributed by atoms with Gasteiger partial charge in [0, 0.05) is 6.04 Å². The lowest BCUT2D eigenvalue weighted by atomic mass is 10.2. The van der Waals surface area contributed by atoms with E-state index >= 15 is 0 Å². The summed E-state index contributed by atoms with van der Waals surface area (Å²) in [5.41, 5.74) is 0.864. The van der Waals surface area contributed by atoms with Crippen molar-refractivity contribution in [3.63, 3.8) is 0 Å². The van der Waals surface area contributed by atoms with Gasteiger partial charge in [-0.1, -0.05) is 12.1 Å². The van der Waals surface area contributed by atoms with Crippen molar-refractivity contribution in [1.82, 2.24) is 0 Å². The summed E-state index contributed by atoms with van der Waals surface area (Å²) in [6.45, 7) is 0. The molecule has 0 bridgehead atoms. The van der Waals surface area contributed by atoms with Crippen molar-refractivity contribution in [1.29, 1.82) is 0 Å². The first-order valence-electron chi connectivity index (χ1n) is 3.28. The van der Waals surface area contributed by atoms with Gasteiger partial charge < -0.3 is 0 Å². The van der Waals surface area contributed by atoms with E-state index in [9.17, 15) is 4.39 Å². The fourth-order valence-electron chi connectivity index (χ4n) is 0.834. The molecule has 0 radical (unpaired) electrons. The monoisotopic (exact) mass is 242 g/mol. The standard InChI is InChI=1S/C7H6Cl3FSi/c8-12(9,10)5-6-1-3-7(11)4-2-6/h1-4H,5H2.